The van der Waals surface area contributed by atoms with Crippen LogP contribution in [0.4, 0.5) is 5.69 Å². The third-order valence-corrected chi connectivity index (χ3v) is 5.46. The highest BCUT2D eigenvalue weighted by atomic mass is 16.6. The summed E-state index contributed by atoms with van der Waals surface area (Å²) in [5.74, 6) is -1.04. The molecule has 1 heterocycles. The van der Waals surface area contributed by atoms with Crippen LogP contribution < -0.4 is 0 Å². The average Bonchev–Trinajstić information content (AvgIpc) is 2.95. The highest BCUT2D eigenvalue weighted by Crippen LogP contribution is 2.32. The monoisotopic (exact) mass is 451 g/mol. The van der Waals surface area contributed by atoms with Crippen molar-refractivity contribution < 1.29 is 14.5 Å². The smallest absolute Gasteiger partial charge is 0.339 e. The molecule has 0 aromatic heterocycles. The van der Waals surface area contributed by atoms with Crippen LogP contribution in [-0.2, 0) is 9.59 Å². The molecule has 1 aliphatic heterocycles. The predicted molar refractivity (Wildman–Crippen MR) is 133 cm³/mol. The number of carbonyl (C=O) groups is 2. The van der Waals surface area contributed by atoms with Crippen LogP contribution in [0.5, 0.6) is 0 Å². The fourth-order valence-electron chi connectivity index (χ4n) is 3.78. The molecule has 0 saturated heterocycles. The number of allylic oxidation sites excluding steroid dienone is 3. The van der Waals surface area contributed by atoms with Gasteiger partial charge in [0.2, 0.25) is 5.91 Å². The maximum Gasteiger partial charge on any atom is 0.472 e. The predicted octanol–water partition coefficient (Wildman–Crippen LogP) is 5.76. The van der Waals surface area contributed by atoms with Crippen molar-refractivity contribution in [2.24, 2.45) is 4.99 Å². The van der Waals surface area contributed by atoms with Crippen LogP contribution in [0.25, 0.3) is 11.6 Å². The van der Waals surface area contributed by atoms with E-state index in [0.29, 0.717) is 12.8 Å². The summed E-state index contributed by atoms with van der Waals surface area (Å²) in [6.45, 7) is 11.0. The second-order valence-electron chi connectivity index (χ2n) is 8.22. The van der Waals surface area contributed by atoms with Gasteiger partial charge in [-0.3, -0.25) is 19.9 Å². The molecule has 0 atom stereocenters. The molecule has 2 amide bonds. The zero-order valence-electron chi connectivity index (χ0n) is 20.2. The van der Waals surface area contributed by atoms with Crippen LogP contribution in [0.1, 0.15) is 71.4 Å². The van der Waals surface area contributed by atoms with E-state index in [9.17, 15) is 19.7 Å². The van der Waals surface area contributed by atoms with Gasteiger partial charge in [-0.15, -0.1) is 0 Å². The van der Waals surface area contributed by atoms with Crippen molar-refractivity contribution in [3.8, 4) is 0 Å². The Kier molecular flexibility index (Phi) is 9.45. The first-order chi connectivity index (χ1) is 15.7. The van der Waals surface area contributed by atoms with Gasteiger partial charge in [-0.1, -0.05) is 39.0 Å². The zero-order chi connectivity index (χ0) is 24.5. The number of fused-ring (bicyclic) bond motifs is 1. The lowest BCUT2D eigenvalue weighted by molar-refractivity contribution is -0.397. The molecular weight excluding hydrogens is 418 g/mol. The van der Waals surface area contributed by atoms with E-state index in [1.807, 2.05) is 43.0 Å². The molecule has 1 aromatic carbocycles. The summed E-state index contributed by atoms with van der Waals surface area (Å²) in [5, 5.41) is 10.7. The second-order valence-corrected chi connectivity index (χ2v) is 8.22. The highest BCUT2D eigenvalue weighted by Gasteiger charge is 2.21. The summed E-state index contributed by atoms with van der Waals surface area (Å²) in [6.07, 6.45) is 8.18. The first kappa shape index (κ1) is 25.9. The van der Waals surface area contributed by atoms with Crippen LogP contribution >= 0.6 is 0 Å². The molecule has 7 heteroatoms. The minimum absolute atomic E-state index is 0.0652. The molecule has 0 aliphatic carbocycles. The van der Waals surface area contributed by atoms with Crippen molar-refractivity contribution in [3.63, 3.8) is 0 Å². The largest absolute Gasteiger partial charge is 0.472 e. The Balaban J connectivity index is 2.43. The number of hydrogen-bond donors (Lipinski definition) is 0. The van der Waals surface area contributed by atoms with Crippen LogP contribution in [0.15, 0.2) is 46.5 Å². The molecule has 7 nitrogen and oxygen atoms in total. The lowest BCUT2D eigenvalue weighted by atomic mass is 9.98. The molecule has 0 unspecified atom stereocenters. The third-order valence-electron chi connectivity index (χ3n) is 5.46. The van der Waals surface area contributed by atoms with Gasteiger partial charge in [-0.2, -0.15) is 0 Å². The van der Waals surface area contributed by atoms with Gasteiger partial charge < -0.3 is 4.90 Å². The number of nitrogens with zero attached hydrogens (tertiary/aromatic N) is 3. The van der Waals surface area contributed by atoms with Gasteiger partial charge in [0.1, 0.15) is 4.92 Å². The Hall–Kier alpha value is -3.35. The summed E-state index contributed by atoms with van der Waals surface area (Å²) in [6, 6.07) is 5.87. The van der Waals surface area contributed by atoms with E-state index in [-0.39, 0.29) is 11.5 Å². The van der Waals surface area contributed by atoms with Gasteiger partial charge in [0.05, 0.1) is 11.3 Å². The van der Waals surface area contributed by atoms with Gasteiger partial charge >= 0.3 is 5.91 Å². The standard InChI is InChI=1S/C26H33N3O4/c1-6-13-28(14-7-2)26(31)23-15-19(5)27-24-17-21(11-12-22(24)16-23)20(8-3)10-9-18(4)25(30)29(32)33/h9-12,16-17H,6-8,13-15H2,1-5H3/b18-9+,20-10+. The molecule has 176 valence electrons. The lowest BCUT2D eigenvalue weighted by Crippen LogP contribution is -2.33. The number of hydrogen-bond acceptors (Lipinski definition) is 5. The Labute approximate surface area is 195 Å². The minimum atomic E-state index is -1.11. The fraction of sp³-hybridized carbons (Fsp3) is 0.423. The molecule has 0 radical (unpaired) electrons. The molecule has 1 aromatic rings. The van der Waals surface area contributed by atoms with Crippen molar-refractivity contribution >= 4 is 34.9 Å². The Bertz CT molecular complexity index is 1040. The topological polar surface area (TPSA) is 92.9 Å². The lowest BCUT2D eigenvalue weighted by Gasteiger charge is -2.22. The van der Waals surface area contributed by atoms with Crippen molar-refractivity contribution in [3.05, 3.63) is 62.7 Å². The summed E-state index contributed by atoms with van der Waals surface area (Å²) in [7, 11) is 0. The summed E-state index contributed by atoms with van der Waals surface area (Å²) in [5.41, 5.74) is 5.21. The van der Waals surface area contributed by atoms with Crippen molar-refractivity contribution in [1.82, 2.24) is 4.90 Å². The van der Waals surface area contributed by atoms with E-state index in [2.05, 4.69) is 13.8 Å². The summed E-state index contributed by atoms with van der Waals surface area (Å²) < 4.78 is 0. The van der Waals surface area contributed by atoms with E-state index in [1.54, 1.807) is 6.08 Å². The molecule has 1 aliphatic rings. The van der Waals surface area contributed by atoms with Gasteiger partial charge in [0, 0.05) is 36.4 Å². The SMILES string of the molecule is CCCN(CCC)C(=O)C1=Cc2ccc(/C(=C/C=C(\C)C(=O)[N+](=O)[O-])CC)cc2N=C(C)C1. The molecular formula is C26H33N3O4. The Morgan fingerprint density at radius 1 is 1.15 bits per heavy atom. The van der Waals surface area contributed by atoms with E-state index in [0.717, 1.165) is 59.6 Å². The minimum Gasteiger partial charge on any atom is -0.339 e. The molecule has 33 heavy (non-hydrogen) atoms. The van der Waals surface area contributed by atoms with Crippen LogP contribution in [0.3, 0.4) is 0 Å². The number of nitro groups is 1. The van der Waals surface area contributed by atoms with Crippen LogP contribution in [0, 0.1) is 10.1 Å². The van der Waals surface area contributed by atoms with Crippen molar-refractivity contribution in [1.29, 1.82) is 0 Å². The maximum absolute atomic E-state index is 13.2. The van der Waals surface area contributed by atoms with Gasteiger partial charge in [-0.05, 0) is 62.5 Å². The molecule has 0 fully saturated rings. The summed E-state index contributed by atoms with van der Waals surface area (Å²) in [4.78, 5) is 41.1. The fourth-order valence-corrected chi connectivity index (χ4v) is 3.78. The van der Waals surface area contributed by atoms with Gasteiger partial charge in [0.15, 0.2) is 0 Å². The number of carbonyl (C=O) groups excluding carboxylic acids is 2. The normalized spacial score (nSPS) is 14.1. The first-order valence-electron chi connectivity index (χ1n) is 11.5. The zero-order valence-corrected chi connectivity index (χ0v) is 20.2. The van der Waals surface area contributed by atoms with E-state index >= 15 is 0 Å². The van der Waals surface area contributed by atoms with E-state index in [1.165, 1.54) is 13.0 Å². The summed E-state index contributed by atoms with van der Waals surface area (Å²) >= 11 is 0. The van der Waals surface area contributed by atoms with Gasteiger partial charge in [-0.25, -0.2) is 4.79 Å². The Morgan fingerprint density at radius 2 is 1.82 bits per heavy atom. The maximum atomic E-state index is 13.2. The number of rotatable bonds is 9. The third kappa shape index (κ3) is 6.81. The van der Waals surface area contributed by atoms with Crippen molar-refractivity contribution in [2.45, 2.75) is 60.3 Å². The molecule has 0 spiro atoms. The average molecular weight is 452 g/mol. The molecule has 0 N–H and O–H groups in total. The van der Waals surface area contributed by atoms with E-state index in [4.69, 9.17) is 4.99 Å². The molecule has 0 saturated carbocycles. The Morgan fingerprint density at radius 3 is 2.39 bits per heavy atom. The molecule has 0 bridgehead atoms. The highest BCUT2D eigenvalue weighted by molar-refractivity contribution is 6.06. The number of benzene rings is 1. The number of amides is 2. The van der Waals surface area contributed by atoms with Gasteiger partial charge in [0.25, 0.3) is 0 Å². The molecule has 2 rings (SSSR count). The van der Waals surface area contributed by atoms with Crippen LogP contribution in [0.2, 0.25) is 0 Å². The van der Waals surface area contributed by atoms with E-state index < -0.39 is 10.8 Å². The quantitative estimate of drug-likeness (QED) is 0.207. The van der Waals surface area contributed by atoms with Crippen molar-refractivity contribution in [2.75, 3.05) is 13.1 Å². The second kappa shape index (κ2) is 12.0. The first-order valence-corrected chi connectivity index (χ1v) is 11.5. The van der Waals surface area contributed by atoms with Crippen LogP contribution in [-0.4, -0.2) is 40.4 Å². The number of aliphatic imine (C=N–C) groups is 1.